The van der Waals surface area contributed by atoms with Crippen molar-refractivity contribution in [1.29, 1.82) is 0 Å². The molecule has 2 rings (SSSR count). The lowest BCUT2D eigenvalue weighted by Crippen LogP contribution is -2.36. The van der Waals surface area contributed by atoms with E-state index >= 15 is 0 Å². The molecule has 7 heteroatoms. The van der Waals surface area contributed by atoms with Crippen LogP contribution < -0.4 is 5.32 Å². The number of hydrogen-bond donors (Lipinski definition) is 1. The number of amides is 1. The maximum absolute atomic E-state index is 12.4. The topological polar surface area (TPSA) is 81.4 Å². The van der Waals surface area contributed by atoms with Crippen LogP contribution in [0.25, 0.3) is 0 Å². The molecule has 0 aliphatic rings. The van der Waals surface area contributed by atoms with Crippen molar-refractivity contribution in [3.8, 4) is 0 Å². The van der Waals surface area contributed by atoms with Gasteiger partial charge in [-0.25, -0.2) is 4.79 Å². The molecule has 0 radical (unpaired) electrons. The number of ether oxygens (including phenoxy) is 1. The molecule has 1 aromatic carbocycles. The van der Waals surface area contributed by atoms with E-state index in [-0.39, 0.29) is 5.91 Å². The van der Waals surface area contributed by atoms with E-state index in [1.807, 2.05) is 32.0 Å². The number of carbonyl (C=O) groups excluding carboxylic acids is 2. The van der Waals surface area contributed by atoms with Crippen LogP contribution in [-0.2, 0) is 15.3 Å². The standard InChI is InChI=1S/C18H22N2O4S/c1-4-9-19-17(21)13(3)23-18(22)15-7-5-6-8-16(15)25-11-14-10-12(2)24-20-14/h5-8,10,13H,4,9,11H2,1-3H3,(H,19,21)/t13-/m1/s1. The van der Waals surface area contributed by atoms with Crippen molar-refractivity contribution < 1.29 is 18.8 Å². The van der Waals surface area contributed by atoms with Gasteiger partial charge in [-0.2, -0.15) is 0 Å². The number of carbonyl (C=O) groups is 2. The highest BCUT2D eigenvalue weighted by Gasteiger charge is 2.20. The molecule has 0 saturated heterocycles. The zero-order valence-corrected chi connectivity index (χ0v) is 15.4. The van der Waals surface area contributed by atoms with Crippen LogP contribution in [0, 0.1) is 6.92 Å². The van der Waals surface area contributed by atoms with Crippen LogP contribution in [-0.4, -0.2) is 29.7 Å². The van der Waals surface area contributed by atoms with Gasteiger partial charge in [0.15, 0.2) is 6.10 Å². The van der Waals surface area contributed by atoms with Gasteiger partial charge in [-0.1, -0.05) is 24.2 Å². The minimum Gasteiger partial charge on any atom is -0.449 e. The van der Waals surface area contributed by atoms with Crippen LogP contribution in [0.2, 0.25) is 0 Å². The number of rotatable bonds is 8. The Morgan fingerprint density at radius 2 is 2.12 bits per heavy atom. The molecule has 1 heterocycles. The number of nitrogens with one attached hydrogen (secondary N) is 1. The van der Waals surface area contributed by atoms with Crippen molar-refractivity contribution in [2.24, 2.45) is 0 Å². The number of benzene rings is 1. The minimum absolute atomic E-state index is 0.293. The molecular formula is C18H22N2O4S. The van der Waals surface area contributed by atoms with Crippen molar-refractivity contribution in [3.05, 3.63) is 47.3 Å². The summed E-state index contributed by atoms with van der Waals surface area (Å²) in [5.41, 5.74) is 1.24. The molecule has 0 saturated carbocycles. The lowest BCUT2D eigenvalue weighted by molar-refractivity contribution is -0.129. The molecule has 134 valence electrons. The van der Waals surface area contributed by atoms with Gasteiger partial charge < -0.3 is 14.6 Å². The number of nitrogens with zero attached hydrogens (tertiary/aromatic N) is 1. The van der Waals surface area contributed by atoms with Crippen molar-refractivity contribution in [2.45, 2.75) is 43.9 Å². The van der Waals surface area contributed by atoms with Gasteiger partial charge in [0.2, 0.25) is 0 Å². The number of esters is 1. The number of aryl methyl sites for hydroxylation is 1. The molecule has 1 N–H and O–H groups in total. The van der Waals surface area contributed by atoms with E-state index in [1.165, 1.54) is 11.8 Å². The second kappa shape index (κ2) is 9.27. The highest BCUT2D eigenvalue weighted by molar-refractivity contribution is 7.98. The average molecular weight is 362 g/mol. The van der Waals surface area contributed by atoms with Gasteiger partial charge >= 0.3 is 5.97 Å². The van der Waals surface area contributed by atoms with E-state index in [0.717, 1.165) is 22.8 Å². The summed E-state index contributed by atoms with van der Waals surface area (Å²) in [4.78, 5) is 25.0. The van der Waals surface area contributed by atoms with Crippen LogP contribution in [0.15, 0.2) is 39.8 Å². The highest BCUT2D eigenvalue weighted by Crippen LogP contribution is 2.27. The maximum atomic E-state index is 12.4. The minimum atomic E-state index is -0.838. The van der Waals surface area contributed by atoms with E-state index in [9.17, 15) is 9.59 Å². The Kier molecular flexibility index (Phi) is 7.06. The number of hydrogen-bond acceptors (Lipinski definition) is 6. The second-order valence-corrected chi connectivity index (χ2v) is 6.57. The first-order valence-electron chi connectivity index (χ1n) is 8.14. The van der Waals surface area contributed by atoms with Crippen LogP contribution >= 0.6 is 11.8 Å². The van der Waals surface area contributed by atoms with E-state index in [1.54, 1.807) is 19.1 Å². The third-order valence-electron chi connectivity index (χ3n) is 3.36. The van der Waals surface area contributed by atoms with E-state index in [0.29, 0.717) is 17.9 Å². The van der Waals surface area contributed by atoms with Crippen molar-refractivity contribution in [1.82, 2.24) is 10.5 Å². The zero-order valence-electron chi connectivity index (χ0n) is 14.6. The lowest BCUT2D eigenvalue weighted by Gasteiger charge is -2.14. The molecule has 0 bridgehead atoms. The summed E-state index contributed by atoms with van der Waals surface area (Å²) in [6.07, 6.45) is -0.0109. The van der Waals surface area contributed by atoms with Gasteiger partial charge in [-0.3, -0.25) is 4.79 Å². The maximum Gasteiger partial charge on any atom is 0.340 e. The molecule has 1 aromatic heterocycles. The summed E-state index contributed by atoms with van der Waals surface area (Å²) >= 11 is 1.47. The molecule has 2 aromatic rings. The highest BCUT2D eigenvalue weighted by atomic mass is 32.2. The van der Waals surface area contributed by atoms with Crippen LogP contribution in [0.4, 0.5) is 0 Å². The monoisotopic (exact) mass is 362 g/mol. The third kappa shape index (κ3) is 5.63. The molecule has 0 fully saturated rings. The zero-order chi connectivity index (χ0) is 18.2. The van der Waals surface area contributed by atoms with Crippen LogP contribution in [0.5, 0.6) is 0 Å². The largest absolute Gasteiger partial charge is 0.449 e. The Balaban J connectivity index is 2.00. The third-order valence-corrected chi connectivity index (χ3v) is 4.47. The fourth-order valence-corrected chi connectivity index (χ4v) is 2.99. The molecule has 0 spiro atoms. The van der Waals surface area contributed by atoms with Crippen molar-refractivity contribution >= 4 is 23.6 Å². The Bertz CT molecular complexity index is 729. The van der Waals surface area contributed by atoms with Gasteiger partial charge in [-0.05, 0) is 32.4 Å². The SMILES string of the molecule is CCCNC(=O)[C@@H](C)OC(=O)c1ccccc1SCc1cc(C)on1. The van der Waals surface area contributed by atoms with Crippen molar-refractivity contribution in [3.63, 3.8) is 0 Å². The quantitative estimate of drug-likeness (QED) is 0.573. The van der Waals surface area contributed by atoms with Gasteiger partial charge in [0.1, 0.15) is 5.76 Å². The predicted octanol–water partition coefficient (Wildman–Crippen LogP) is 3.35. The van der Waals surface area contributed by atoms with Gasteiger partial charge in [0, 0.05) is 23.3 Å². The molecule has 0 unspecified atom stereocenters. The second-order valence-electron chi connectivity index (χ2n) is 5.55. The molecule has 1 amide bonds. The van der Waals surface area contributed by atoms with Gasteiger partial charge in [0.25, 0.3) is 5.91 Å². The summed E-state index contributed by atoms with van der Waals surface area (Å²) in [6.45, 7) is 5.92. The van der Waals surface area contributed by atoms with E-state index in [2.05, 4.69) is 10.5 Å². The Morgan fingerprint density at radius 1 is 1.36 bits per heavy atom. The van der Waals surface area contributed by atoms with Crippen molar-refractivity contribution in [2.75, 3.05) is 6.54 Å². The Labute approximate surface area is 151 Å². The van der Waals surface area contributed by atoms with Gasteiger partial charge in [0.05, 0.1) is 11.3 Å². The summed E-state index contributed by atoms with van der Waals surface area (Å²) in [5.74, 6) is 0.515. The average Bonchev–Trinajstić information content (AvgIpc) is 3.03. The number of thioether (sulfide) groups is 1. The summed E-state index contributed by atoms with van der Waals surface area (Å²) in [5, 5.41) is 6.65. The predicted molar refractivity (Wildman–Crippen MR) is 95.4 cm³/mol. The smallest absolute Gasteiger partial charge is 0.340 e. The first-order valence-corrected chi connectivity index (χ1v) is 9.12. The fourth-order valence-electron chi connectivity index (χ4n) is 2.07. The van der Waals surface area contributed by atoms with Crippen LogP contribution in [0.3, 0.4) is 0 Å². The summed E-state index contributed by atoms with van der Waals surface area (Å²) in [6, 6.07) is 9.01. The molecular weight excluding hydrogens is 340 g/mol. The number of aromatic nitrogens is 1. The summed E-state index contributed by atoms with van der Waals surface area (Å²) < 4.78 is 10.3. The molecule has 0 aliphatic heterocycles. The van der Waals surface area contributed by atoms with Crippen LogP contribution in [0.1, 0.15) is 42.1 Å². The molecule has 25 heavy (non-hydrogen) atoms. The van der Waals surface area contributed by atoms with E-state index < -0.39 is 12.1 Å². The lowest BCUT2D eigenvalue weighted by atomic mass is 10.2. The molecule has 1 atom stereocenters. The molecule has 6 nitrogen and oxygen atoms in total. The Morgan fingerprint density at radius 3 is 2.80 bits per heavy atom. The fraction of sp³-hybridized carbons (Fsp3) is 0.389. The Hall–Kier alpha value is -2.28. The summed E-state index contributed by atoms with van der Waals surface area (Å²) in [7, 11) is 0. The van der Waals surface area contributed by atoms with E-state index in [4.69, 9.17) is 9.26 Å². The normalized spacial score (nSPS) is 11.8. The first-order chi connectivity index (χ1) is 12.0. The first kappa shape index (κ1) is 19.1. The van der Waals surface area contributed by atoms with Gasteiger partial charge in [-0.15, -0.1) is 11.8 Å². The molecule has 0 aliphatic carbocycles.